The Bertz CT molecular complexity index is 378. The van der Waals surface area contributed by atoms with Crippen LogP contribution >= 0.6 is 0 Å². The fraction of sp³-hybridized carbons (Fsp3) is 0.200. The number of aromatic nitrogens is 3. The Morgan fingerprint density at radius 2 is 2.15 bits per heavy atom. The summed E-state index contributed by atoms with van der Waals surface area (Å²) in [6, 6.07) is 4.06. The predicted octanol–water partition coefficient (Wildman–Crippen LogP) is 0.756. The second-order valence-corrected chi connectivity index (χ2v) is 3.11. The van der Waals surface area contributed by atoms with Crippen LogP contribution in [0.25, 0.3) is 0 Å². The largest absolute Gasteiger partial charge is 0.265 e. The minimum atomic E-state index is 0.906. The SMILES string of the molecule is C[n+]1ccn(Cc2ccncc2)c1. The second kappa shape index (κ2) is 3.39. The highest BCUT2D eigenvalue weighted by Crippen LogP contribution is 1.98. The van der Waals surface area contributed by atoms with E-state index in [-0.39, 0.29) is 0 Å². The number of hydrogen-bond acceptors (Lipinski definition) is 1. The molecule has 0 aliphatic heterocycles. The molecular formula is C10H12N3+. The van der Waals surface area contributed by atoms with Crippen LogP contribution in [0.4, 0.5) is 0 Å². The van der Waals surface area contributed by atoms with Crippen LogP contribution in [0.5, 0.6) is 0 Å². The van der Waals surface area contributed by atoms with E-state index in [2.05, 4.69) is 22.1 Å². The Morgan fingerprint density at radius 3 is 2.77 bits per heavy atom. The molecule has 0 bridgehead atoms. The van der Waals surface area contributed by atoms with Gasteiger partial charge in [-0.15, -0.1) is 0 Å². The average Bonchev–Trinajstić information content (AvgIpc) is 2.53. The van der Waals surface area contributed by atoms with Crippen molar-refractivity contribution in [3.63, 3.8) is 0 Å². The van der Waals surface area contributed by atoms with Gasteiger partial charge in [0.15, 0.2) is 0 Å². The Kier molecular flexibility index (Phi) is 2.08. The zero-order chi connectivity index (χ0) is 9.10. The maximum Gasteiger partial charge on any atom is 0.243 e. The highest BCUT2D eigenvalue weighted by atomic mass is 15.1. The van der Waals surface area contributed by atoms with Gasteiger partial charge in [-0.3, -0.25) is 4.98 Å². The molecule has 0 aromatic carbocycles. The summed E-state index contributed by atoms with van der Waals surface area (Å²) >= 11 is 0. The molecule has 2 heterocycles. The van der Waals surface area contributed by atoms with Crippen LogP contribution < -0.4 is 4.57 Å². The van der Waals surface area contributed by atoms with Gasteiger partial charge in [0, 0.05) is 12.4 Å². The van der Waals surface area contributed by atoms with Gasteiger partial charge in [0.05, 0.1) is 7.05 Å². The van der Waals surface area contributed by atoms with Crippen LogP contribution in [0.3, 0.4) is 0 Å². The summed E-state index contributed by atoms with van der Waals surface area (Å²) in [6.07, 6.45) is 9.78. The summed E-state index contributed by atoms with van der Waals surface area (Å²) in [5, 5.41) is 0. The number of imidazole rings is 1. The van der Waals surface area contributed by atoms with Crippen molar-refractivity contribution in [1.82, 2.24) is 9.55 Å². The summed E-state index contributed by atoms with van der Waals surface area (Å²) in [5.41, 5.74) is 1.27. The lowest BCUT2D eigenvalue weighted by molar-refractivity contribution is -0.671. The van der Waals surface area contributed by atoms with Gasteiger partial charge in [-0.25, -0.2) is 9.13 Å². The van der Waals surface area contributed by atoms with Gasteiger partial charge >= 0.3 is 0 Å². The van der Waals surface area contributed by atoms with Gasteiger partial charge in [0.25, 0.3) is 0 Å². The number of nitrogens with zero attached hydrogens (tertiary/aromatic N) is 3. The van der Waals surface area contributed by atoms with E-state index in [1.54, 1.807) is 0 Å². The molecule has 0 fully saturated rings. The third-order valence-electron chi connectivity index (χ3n) is 1.94. The van der Waals surface area contributed by atoms with E-state index in [4.69, 9.17) is 0 Å². The summed E-state index contributed by atoms with van der Waals surface area (Å²) in [5.74, 6) is 0. The third kappa shape index (κ3) is 1.93. The zero-order valence-electron chi connectivity index (χ0n) is 7.59. The van der Waals surface area contributed by atoms with Crippen LogP contribution in [0.15, 0.2) is 43.2 Å². The number of pyridine rings is 1. The molecule has 0 N–H and O–H groups in total. The van der Waals surface area contributed by atoms with Crippen LogP contribution in [0, 0.1) is 0 Å². The Balaban J connectivity index is 2.15. The monoisotopic (exact) mass is 174 g/mol. The fourth-order valence-corrected chi connectivity index (χ4v) is 1.29. The fourth-order valence-electron chi connectivity index (χ4n) is 1.29. The van der Waals surface area contributed by atoms with Crippen LogP contribution in [0.2, 0.25) is 0 Å². The van der Waals surface area contributed by atoms with Gasteiger partial charge in [-0.05, 0) is 17.7 Å². The first-order chi connectivity index (χ1) is 6.34. The van der Waals surface area contributed by atoms with E-state index < -0.39 is 0 Å². The lowest BCUT2D eigenvalue weighted by Crippen LogP contribution is -2.23. The van der Waals surface area contributed by atoms with Gasteiger partial charge in [-0.2, -0.15) is 0 Å². The normalized spacial score (nSPS) is 10.2. The standard InChI is InChI=1S/C10H12N3/c1-12-6-7-13(9-12)8-10-2-4-11-5-3-10/h2-7,9H,8H2,1H3/q+1. The van der Waals surface area contributed by atoms with Crippen molar-refractivity contribution in [3.05, 3.63) is 48.8 Å². The van der Waals surface area contributed by atoms with E-state index >= 15 is 0 Å². The van der Waals surface area contributed by atoms with Crippen LogP contribution in [-0.2, 0) is 13.6 Å². The van der Waals surface area contributed by atoms with E-state index in [0.29, 0.717) is 0 Å². The number of rotatable bonds is 2. The molecule has 0 saturated heterocycles. The first-order valence-corrected chi connectivity index (χ1v) is 4.24. The molecule has 2 aromatic rings. The van der Waals surface area contributed by atoms with E-state index in [0.717, 1.165) is 6.54 Å². The Labute approximate surface area is 77.3 Å². The van der Waals surface area contributed by atoms with Gasteiger partial charge in [-0.1, -0.05) is 0 Å². The van der Waals surface area contributed by atoms with E-state index in [9.17, 15) is 0 Å². The average molecular weight is 174 g/mol. The highest BCUT2D eigenvalue weighted by molar-refractivity contribution is 5.09. The summed E-state index contributed by atoms with van der Waals surface area (Å²) in [4.78, 5) is 3.98. The molecule has 13 heavy (non-hydrogen) atoms. The molecule has 66 valence electrons. The van der Waals surface area contributed by atoms with Crippen molar-refractivity contribution in [2.45, 2.75) is 6.54 Å². The smallest absolute Gasteiger partial charge is 0.243 e. The maximum absolute atomic E-state index is 3.98. The third-order valence-corrected chi connectivity index (χ3v) is 1.94. The molecular weight excluding hydrogens is 162 g/mol. The molecule has 0 radical (unpaired) electrons. The molecule has 0 aliphatic carbocycles. The van der Waals surface area contributed by atoms with Gasteiger partial charge < -0.3 is 0 Å². The summed E-state index contributed by atoms with van der Waals surface area (Å²) in [6.45, 7) is 0.906. The van der Waals surface area contributed by atoms with Gasteiger partial charge in [0.1, 0.15) is 18.9 Å². The molecule has 0 aliphatic rings. The van der Waals surface area contributed by atoms with Crippen molar-refractivity contribution in [2.75, 3.05) is 0 Å². The van der Waals surface area contributed by atoms with Crippen molar-refractivity contribution >= 4 is 0 Å². The predicted molar refractivity (Wildman–Crippen MR) is 48.9 cm³/mol. The number of hydrogen-bond donors (Lipinski definition) is 0. The maximum atomic E-state index is 3.98. The number of aryl methyl sites for hydroxylation is 1. The summed E-state index contributed by atoms with van der Waals surface area (Å²) < 4.78 is 4.16. The van der Waals surface area contributed by atoms with Crippen molar-refractivity contribution in [2.24, 2.45) is 7.05 Å². The first kappa shape index (κ1) is 7.98. The molecule has 0 unspecified atom stereocenters. The quantitative estimate of drug-likeness (QED) is 0.616. The summed E-state index contributed by atoms with van der Waals surface area (Å²) in [7, 11) is 2.02. The zero-order valence-corrected chi connectivity index (χ0v) is 7.59. The molecule has 3 heteroatoms. The van der Waals surface area contributed by atoms with Crippen molar-refractivity contribution < 1.29 is 4.57 Å². The lowest BCUT2D eigenvalue weighted by Gasteiger charge is -1.95. The lowest BCUT2D eigenvalue weighted by atomic mass is 10.3. The minimum absolute atomic E-state index is 0.906. The van der Waals surface area contributed by atoms with Crippen molar-refractivity contribution in [1.29, 1.82) is 0 Å². The molecule has 0 spiro atoms. The Hall–Kier alpha value is -1.64. The first-order valence-electron chi connectivity index (χ1n) is 4.24. The van der Waals surface area contributed by atoms with E-state index in [1.165, 1.54) is 5.56 Å². The molecule has 2 aromatic heterocycles. The van der Waals surface area contributed by atoms with E-state index in [1.807, 2.05) is 42.3 Å². The molecule has 0 saturated carbocycles. The Morgan fingerprint density at radius 1 is 1.38 bits per heavy atom. The van der Waals surface area contributed by atoms with Crippen LogP contribution in [0.1, 0.15) is 5.56 Å². The molecule has 0 amide bonds. The molecule has 3 nitrogen and oxygen atoms in total. The topological polar surface area (TPSA) is 21.7 Å². The highest BCUT2D eigenvalue weighted by Gasteiger charge is 2.00. The van der Waals surface area contributed by atoms with Crippen LogP contribution in [-0.4, -0.2) is 9.55 Å². The second-order valence-electron chi connectivity index (χ2n) is 3.11. The molecule has 2 rings (SSSR count). The van der Waals surface area contributed by atoms with Crippen molar-refractivity contribution in [3.8, 4) is 0 Å². The minimum Gasteiger partial charge on any atom is -0.265 e. The van der Waals surface area contributed by atoms with Gasteiger partial charge in [0.2, 0.25) is 6.33 Å². The molecule has 0 atom stereocenters.